The molecule has 20 heavy (non-hydrogen) atoms. The van der Waals surface area contributed by atoms with Gasteiger partial charge in [-0.3, -0.25) is 4.79 Å². The first-order valence-electron chi connectivity index (χ1n) is 6.36. The number of carboxylic acids is 1. The van der Waals surface area contributed by atoms with Gasteiger partial charge in [0.15, 0.2) is 0 Å². The van der Waals surface area contributed by atoms with Crippen LogP contribution in [0, 0.1) is 0 Å². The summed E-state index contributed by atoms with van der Waals surface area (Å²) in [5, 5.41) is 9.06. The largest absolute Gasteiger partial charge is 0.478 e. The molecule has 0 fully saturated rings. The van der Waals surface area contributed by atoms with Crippen LogP contribution in [-0.4, -0.2) is 45.5 Å². The van der Waals surface area contributed by atoms with Crippen molar-refractivity contribution in [2.24, 2.45) is 0 Å². The number of aryl methyl sites for hydroxylation is 1. The topological polar surface area (TPSA) is 75.4 Å². The third-order valence-corrected chi connectivity index (χ3v) is 3.18. The summed E-state index contributed by atoms with van der Waals surface area (Å²) >= 11 is 0. The molecule has 1 amide bonds. The van der Waals surface area contributed by atoms with Crippen molar-refractivity contribution in [1.29, 1.82) is 0 Å². The van der Waals surface area contributed by atoms with E-state index in [0.717, 1.165) is 5.82 Å². The van der Waals surface area contributed by atoms with Crippen LogP contribution in [0.1, 0.15) is 23.1 Å². The van der Waals surface area contributed by atoms with Crippen LogP contribution in [-0.2, 0) is 17.8 Å². The fourth-order valence-electron chi connectivity index (χ4n) is 2.03. The second-order valence-electron chi connectivity index (χ2n) is 4.76. The monoisotopic (exact) mass is 275 g/mol. The quantitative estimate of drug-likeness (QED) is 0.914. The summed E-state index contributed by atoms with van der Waals surface area (Å²) in [6, 6.07) is 4.76. The number of carbonyl (C=O) groups excluding carboxylic acids is 1. The summed E-state index contributed by atoms with van der Waals surface area (Å²) < 4.78 is 1.78. The van der Waals surface area contributed by atoms with Crippen molar-refractivity contribution in [2.75, 3.05) is 14.1 Å². The molecule has 0 radical (unpaired) electrons. The van der Waals surface area contributed by atoms with Gasteiger partial charge in [-0.1, -0.05) is 6.92 Å². The third-order valence-electron chi connectivity index (χ3n) is 3.18. The van der Waals surface area contributed by atoms with Gasteiger partial charge in [0, 0.05) is 20.5 Å². The first-order chi connectivity index (χ1) is 9.43. The number of aromatic nitrogens is 2. The molecule has 0 atom stereocenters. The Kier molecular flexibility index (Phi) is 3.74. The van der Waals surface area contributed by atoms with Crippen LogP contribution in [0.25, 0.3) is 11.0 Å². The van der Waals surface area contributed by atoms with Crippen molar-refractivity contribution < 1.29 is 14.7 Å². The second kappa shape index (κ2) is 5.32. The minimum atomic E-state index is -0.989. The van der Waals surface area contributed by atoms with E-state index in [4.69, 9.17) is 5.11 Å². The zero-order valence-electron chi connectivity index (χ0n) is 11.8. The zero-order valence-corrected chi connectivity index (χ0v) is 11.8. The molecule has 6 nitrogen and oxygen atoms in total. The van der Waals surface area contributed by atoms with Crippen LogP contribution >= 0.6 is 0 Å². The van der Waals surface area contributed by atoms with Gasteiger partial charge in [-0.25, -0.2) is 9.78 Å². The predicted molar refractivity (Wildman–Crippen MR) is 74.8 cm³/mol. The molecule has 0 saturated heterocycles. The number of hydrogen-bond donors (Lipinski definition) is 1. The van der Waals surface area contributed by atoms with Gasteiger partial charge in [-0.05, 0) is 18.2 Å². The van der Waals surface area contributed by atoms with Gasteiger partial charge >= 0.3 is 5.97 Å². The highest BCUT2D eigenvalue weighted by molar-refractivity contribution is 5.93. The molecule has 0 spiro atoms. The number of aromatic carboxylic acids is 1. The molecule has 0 saturated carbocycles. The number of imidazole rings is 1. The maximum absolute atomic E-state index is 11.9. The molecule has 0 aliphatic rings. The Morgan fingerprint density at radius 2 is 2.05 bits per heavy atom. The van der Waals surface area contributed by atoms with Crippen molar-refractivity contribution in [3.8, 4) is 0 Å². The molecule has 0 aliphatic carbocycles. The van der Waals surface area contributed by atoms with Gasteiger partial charge in [0.25, 0.3) is 0 Å². The second-order valence-corrected chi connectivity index (χ2v) is 4.76. The van der Waals surface area contributed by atoms with E-state index >= 15 is 0 Å². The van der Waals surface area contributed by atoms with Gasteiger partial charge in [0.1, 0.15) is 12.4 Å². The first-order valence-corrected chi connectivity index (χ1v) is 6.36. The van der Waals surface area contributed by atoms with Crippen LogP contribution in [0.15, 0.2) is 18.2 Å². The molecule has 1 aromatic heterocycles. The van der Waals surface area contributed by atoms with E-state index in [0.29, 0.717) is 17.5 Å². The van der Waals surface area contributed by atoms with Gasteiger partial charge < -0.3 is 14.6 Å². The standard InChI is InChI=1S/C14H17N3O3/c1-4-12-15-10-6-5-9(14(19)20)7-11(10)17(12)8-13(18)16(2)3/h5-7H,4,8H2,1-3H3,(H,19,20). The molecule has 106 valence electrons. The number of carbonyl (C=O) groups is 2. The van der Waals surface area contributed by atoms with E-state index in [1.807, 2.05) is 6.92 Å². The van der Waals surface area contributed by atoms with Crippen molar-refractivity contribution >= 4 is 22.9 Å². The summed E-state index contributed by atoms with van der Waals surface area (Å²) in [6.45, 7) is 2.12. The maximum Gasteiger partial charge on any atom is 0.335 e. The van der Waals surface area contributed by atoms with Crippen LogP contribution in [0.4, 0.5) is 0 Å². The van der Waals surface area contributed by atoms with E-state index in [-0.39, 0.29) is 18.0 Å². The van der Waals surface area contributed by atoms with Crippen molar-refractivity contribution in [3.63, 3.8) is 0 Å². The van der Waals surface area contributed by atoms with Crippen molar-refractivity contribution in [3.05, 3.63) is 29.6 Å². The zero-order chi connectivity index (χ0) is 14.9. The van der Waals surface area contributed by atoms with Gasteiger partial charge in [-0.15, -0.1) is 0 Å². The SMILES string of the molecule is CCc1nc2ccc(C(=O)O)cc2n1CC(=O)N(C)C. The molecule has 1 N–H and O–H groups in total. The number of nitrogens with zero attached hydrogens (tertiary/aromatic N) is 3. The fourth-order valence-corrected chi connectivity index (χ4v) is 2.03. The predicted octanol–water partition coefficient (Wildman–Crippen LogP) is 1.39. The van der Waals surface area contributed by atoms with E-state index in [1.165, 1.54) is 11.0 Å². The van der Waals surface area contributed by atoms with Crippen LogP contribution in [0.5, 0.6) is 0 Å². The van der Waals surface area contributed by atoms with Gasteiger partial charge in [0.2, 0.25) is 5.91 Å². The molecular formula is C14H17N3O3. The number of hydrogen-bond acceptors (Lipinski definition) is 3. The van der Waals surface area contributed by atoms with Crippen molar-refractivity contribution in [1.82, 2.24) is 14.5 Å². The highest BCUT2D eigenvalue weighted by atomic mass is 16.4. The Balaban J connectivity index is 2.56. The van der Waals surface area contributed by atoms with E-state index in [2.05, 4.69) is 4.98 Å². The lowest BCUT2D eigenvalue weighted by atomic mass is 10.2. The van der Waals surface area contributed by atoms with Crippen LogP contribution in [0.2, 0.25) is 0 Å². The number of benzene rings is 1. The van der Waals surface area contributed by atoms with E-state index in [1.54, 1.807) is 30.8 Å². The molecule has 2 rings (SSSR count). The van der Waals surface area contributed by atoms with Gasteiger partial charge in [-0.2, -0.15) is 0 Å². The Bertz CT molecular complexity index is 674. The number of carboxylic acid groups (broad SMARTS) is 1. The average Bonchev–Trinajstić information content (AvgIpc) is 2.75. The average molecular weight is 275 g/mol. The minimum absolute atomic E-state index is 0.0558. The molecule has 0 aliphatic heterocycles. The molecular weight excluding hydrogens is 258 g/mol. The summed E-state index contributed by atoms with van der Waals surface area (Å²) in [6.07, 6.45) is 0.678. The Hall–Kier alpha value is -2.37. The Labute approximate surface area is 116 Å². The summed E-state index contributed by atoms with van der Waals surface area (Å²) in [5.41, 5.74) is 1.58. The smallest absolute Gasteiger partial charge is 0.335 e. The first kappa shape index (κ1) is 14.0. The highest BCUT2D eigenvalue weighted by Gasteiger charge is 2.15. The molecule has 0 bridgehead atoms. The lowest BCUT2D eigenvalue weighted by molar-refractivity contribution is -0.129. The fraction of sp³-hybridized carbons (Fsp3) is 0.357. The summed E-state index contributed by atoms with van der Waals surface area (Å²) in [7, 11) is 3.38. The minimum Gasteiger partial charge on any atom is -0.478 e. The lowest BCUT2D eigenvalue weighted by Gasteiger charge is -2.13. The third kappa shape index (κ3) is 2.49. The number of likely N-dealkylation sites (N-methyl/N-ethyl adjacent to an activating group) is 1. The molecule has 6 heteroatoms. The van der Waals surface area contributed by atoms with E-state index < -0.39 is 5.97 Å². The lowest BCUT2D eigenvalue weighted by Crippen LogP contribution is -2.27. The van der Waals surface area contributed by atoms with Gasteiger partial charge in [0.05, 0.1) is 16.6 Å². The number of rotatable bonds is 4. The van der Waals surface area contributed by atoms with Crippen LogP contribution in [0.3, 0.4) is 0 Å². The Morgan fingerprint density at radius 3 is 2.60 bits per heavy atom. The summed E-state index contributed by atoms with van der Waals surface area (Å²) in [4.78, 5) is 28.9. The van der Waals surface area contributed by atoms with Crippen LogP contribution < -0.4 is 0 Å². The summed E-state index contributed by atoms with van der Waals surface area (Å²) in [5.74, 6) is -0.269. The number of fused-ring (bicyclic) bond motifs is 1. The normalized spacial score (nSPS) is 10.8. The number of amides is 1. The van der Waals surface area contributed by atoms with Crippen molar-refractivity contribution in [2.45, 2.75) is 19.9 Å². The molecule has 0 unspecified atom stereocenters. The Morgan fingerprint density at radius 1 is 1.35 bits per heavy atom. The highest BCUT2D eigenvalue weighted by Crippen LogP contribution is 2.19. The molecule has 2 aromatic rings. The molecule has 1 aromatic carbocycles. The van der Waals surface area contributed by atoms with E-state index in [9.17, 15) is 9.59 Å². The molecule has 1 heterocycles. The maximum atomic E-state index is 11.9.